The maximum absolute atomic E-state index is 5.90. The molecule has 2 aromatic heterocycles. The summed E-state index contributed by atoms with van der Waals surface area (Å²) in [5.74, 6) is 1.76. The number of hydrogen-bond acceptors (Lipinski definition) is 3. The van der Waals surface area contributed by atoms with Gasteiger partial charge in [0.1, 0.15) is 11.5 Å². The van der Waals surface area contributed by atoms with E-state index in [0.717, 1.165) is 38.3 Å². The Morgan fingerprint density at radius 3 is 2.61 bits per heavy atom. The quantitative estimate of drug-likeness (QED) is 0.543. The van der Waals surface area contributed by atoms with Crippen molar-refractivity contribution in [3.05, 3.63) is 75.1 Å². The summed E-state index contributed by atoms with van der Waals surface area (Å²) in [5, 5.41) is 3.33. The highest BCUT2D eigenvalue weighted by Gasteiger charge is 2.08. The summed E-state index contributed by atoms with van der Waals surface area (Å²) >= 11 is 7.02. The minimum Gasteiger partial charge on any atom is -0.460 e. The van der Waals surface area contributed by atoms with Gasteiger partial charge in [-0.2, -0.15) is 0 Å². The van der Waals surface area contributed by atoms with Crippen LogP contribution in [0.5, 0.6) is 0 Å². The Kier molecular flexibility index (Phi) is 6.84. The lowest BCUT2D eigenvalue weighted by Crippen LogP contribution is -2.12. The molecule has 0 amide bonds. The summed E-state index contributed by atoms with van der Waals surface area (Å²) in [7, 11) is 0. The lowest BCUT2D eigenvalue weighted by molar-refractivity contribution is 0.492. The number of pyridine rings is 1. The van der Waals surface area contributed by atoms with Crippen LogP contribution in [-0.4, -0.2) is 4.98 Å². The molecule has 1 aromatic carbocycles. The lowest BCUT2D eigenvalue weighted by atomic mass is 10.2. The SMILES string of the molecule is Brc1ccc(-c2ccc(CNCc3ccccn3)o2)c(Br)c1.Cl. The van der Waals surface area contributed by atoms with Crippen LogP contribution in [0.2, 0.25) is 0 Å². The number of furan rings is 1. The van der Waals surface area contributed by atoms with E-state index in [1.165, 1.54) is 0 Å². The molecule has 0 spiro atoms. The molecule has 0 aliphatic rings. The van der Waals surface area contributed by atoms with Crippen molar-refractivity contribution in [3.8, 4) is 11.3 Å². The van der Waals surface area contributed by atoms with Crippen molar-refractivity contribution in [3.63, 3.8) is 0 Å². The van der Waals surface area contributed by atoms with Crippen LogP contribution in [0.4, 0.5) is 0 Å². The average Bonchev–Trinajstić information content (AvgIpc) is 2.97. The second-order valence-corrected chi connectivity index (χ2v) is 6.58. The van der Waals surface area contributed by atoms with Crippen molar-refractivity contribution >= 4 is 44.3 Å². The fourth-order valence-electron chi connectivity index (χ4n) is 2.12. The van der Waals surface area contributed by atoms with Gasteiger partial charge in [0.25, 0.3) is 0 Å². The molecule has 0 bridgehead atoms. The fraction of sp³-hybridized carbons (Fsp3) is 0.118. The molecule has 6 heteroatoms. The van der Waals surface area contributed by atoms with Crippen LogP contribution in [0, 0.1) is 0 Å². The number of benzene rings is 1. The topological polar surface area (TPSA) is 38.1 Å². The number of nitrogens with one attached hydrogen (secondary N) is 1. The van der Waals surface area contributed by atoms with Crippen LogP contribution < -0.4 is 5.32 Å². The molecular formula is C17H15Br2ClN2O. The first-order valence-electron chi connectivity index (χ1n) is 6.87. The van der Waals surface area contributed by atoms with Gasteiger partial charge in [0, 0.05) is 27.3 Å². The molecule has 0 radical (unpaired) electrons. The monoisotopic (exact) mass is 456 g/mol. The van der Waals surface area contributed by atoms with E-state index >= 15 is 0 Å². The summed E-state index contributed by atoms with van der Waals surface area (Å²) in [5.41, 5.74) is 2.06. The standard InChI is InChI=1S/C17H14Br2N2O.ClH/c18-12-4-6-15(16(19)9-12)17-7-5-14(22-17)11-20-10-13-3-1-2-8-21-13;/h1-9,20H,10-11H2;1H. The van der Waals surface area contributed by atoms with Crippen LogP contribution in [-0.2, 0) is 13.1 Å². The van der Waals surface area contributed by atoms with Crippen LogP contribution in [0.25, 0.3) is 11.3 Å². The first-order valence-corrected chi connectivity index (χ1v) is 8.46. The zero-order valence-electron chi connectivity index (χ0n) is 12.1. The zero-order valence-corrected chi connectivity index (χ0v) is 16.1. The number of rotatable bonds is 5. The van der Waals surface area contributed by atoms with E-state index in [-0.39, 0.29) is 12.4 Å². The van der Waals surface area contributed by atoms with E-state index in [1.807, 2.05) is 48.5 Å². The van der Waals surface area contributed by atoms with Crippen molar-refractivity contribution in [2.24, 2.45) is 0 Å². The molecular weight excluding hydrogens is 443 g/mol. The highest BCUT2D eigenvalue weighted by Crippen LogP contribution is 2.31. The minimum atomic E-state index is 0. The maximum atomic E-state index is 5.90. The highest BCUT2D eigenvalue weighted by molar-refractivity contribution is 9.11. The number of halogens is 3. The molecule has 0 aliphatic carbocycles. The third kappa shape index (κ3) is 4.91. The Bertz CT molecular complexity index is 762. The van der Waals surface area contributed by atoms with Crippen LogP contribution in [0.15, 0.2) is 68.1 Å². The number of aromatic nitrogens is 1. The first kappa shape index (κ1) is 18.2. The summed E-state index contributed by atoms with van der Waals surface area (Å²) in [4.78, 5) is 4.28. The second-order valence-electron chi connectivity index (χ2n) is 4.81. The molecule has 3 aromatic rings. The van der Waals surface area contributed by atoms with Gasteiger partial charge in [0.15, 0.2) is 0 Å². The van der Waals surface area contributed by atoms with Gasteiger partial charge in [-0.25, -0.2) is 0 Å². The van der Waals surface area contributed by atoms with Crippen LogP contribution in [0.3, 0.4) is 0 Å². The third-order valence-electron chi connectivity index (χ3n) is 3.19. The van der Waals surface area contributed by atoms with Crippen LogP contribution in [0.1, 0.15) is 11.5 Å². The zero-order chi connectivity index (χ0) is 15.4. The highest BCUT2D eigenvalue weighted by atomic mass is 79.9. The van der Waals surface area contributed by atoms with E-state index in [4.69, 9.17) is 4.42 Å². The summed E-state index contributed by atoms with van der Waals surface area (Å²) in [6.07, 6.45) is 1.80. The lowest BCUT2D eigenvalue weighted by Gasteiger charge is -2.03. The van der Waals surface area contributed by atoms with E-state index in [1.54, 1.807) is 6.20 Å². The Morgan fingerprint density at radius 1 is 1.00 bits per heavy atom. The molecule has 1 N–H and O–H groups in total. The molecule has 0 saturated heterocycles. The van der Waals surface area contributed by atoms with Gasteiger partial charge in [0.05, 0.1) is 12.2 Å². The van der Waals surface area contributed by atoms with Crippen LogP contribution >= 0.6 is 44.3 Å². The summed E-state index contributed by atoms with van der Waals surface area (Å²) in [6, 6.07) is 15.9. The van der Waals surface area contributed by atoms with Crippen molar-refractivity contribution in [2.75, 3.05) is 0 Å². The number of hydrogen-bond donors (Lipinski definition) is 1. The van der Waals surface area contributed by atoms with E-state index in [9.17, 15) is 0 Å². The van der Waals surface area contributed by atoms with Crippen molar-refractivity contribution in [2.45, 2.75) is 13.1 Å². The molecule has 0 fully saturated rings. The molecule has 23 heavy (non-hydrogen) atoms. The summed E-state index contributed by atoms with van der Waals surface area (Å²) in [6.45, 7) is 1.39. The van der Waals surface area contributed by atoms with Crippen molar-refractivity contribution < 1.29 is 4.42 Å². The van der Waals surface area contributed by atoms with Gasteiger partial charge in [-0.15, -0.1) is 12.4 Å². The molecule has 0 atom stereocenters. The van der Waals surface area contributed by atoms with Gasteiger partial charge in [-0.3, -0.25) is 4.98 Å². The van der Waals surface area contributed by atoms with E-state index in [2.05, 4.69) is 42.2 Å². The molecule has 3 nitrogen and oxygen atoms in total. The molecule has 0 unspecified atom stereocenters. The van der Waals surface area contributed by atoms with Gasteiger partial charge < -0.3 is 9.73 Å². The van der Waals surface area contributed by atoms with E-state index in [0.29, 0.717) is 6.54 Å². The maximum Gasteiger partial charge on any atom is 0.135 e. The van der Waals surface area contributed by atoms with Gasteiger partial charge in [-0.05, 0) is 58.4 Å². The first-order chi connectivity index (χ1) is 10.7. The molecule has 0 saturated carbocycles. The minimum absolute atomic E-state index is 0. The molecule has 120 valence electrons. The molecule has 0 aliphatic heterocycles. The number of nitrogens with zero attached hydrogens (tertiary/aromatic N) is 1. The van der Waals surface area contributed by atoms with Gasteiger partial charge in [0.2, 0.25) is 0 Å². The third-order valence-corrected chi connectivity index (χ3v) is 4.34. The van der Waals surface area contributed by atoms with Crippen molar-refractivity contribution in [1.29, 1.82) is 0 Å². The predicted octanol–water partition coefficient (Wildman–Crippen LogP) is 5.58. The Hall–Kier alpha value is -1.14. The second kappa shape index (κ2) is 8.64. The normalized spacial score (nSPS) is 10.3. The molecule has 3 rings (SSSR count). The van der Waals surface area contributed by atoms with Gasteiger partial charge >= 0.3 is 0 Å². The van der Waals surface area contributed by atoms with Crippen molar-refractivity contribution in [1.82, 2.24) is 10.3 Å². The fourth-order valence-corrected chi connectivity index (χ4v) is 3.37. The Morgan fingerprint density at radius 2 is 1.87 bits per heavy atom. The Labute approximate surface area is 158 Å². The largest absolute Gasteiger partial charge is 0.460 e. The van der Waals surface area contributed by atoms with Gasteiger partial charge in [-0.1, -0.05) is 22.0 Å². The molecule has 2 heterocycles. The smallest absolute Gasteiger partial charge is 0.135 e. The summed E-state index contributed by atoms with van der Waals surface area (Å²) < 4.78 is 7.94. The van der Waals surface area contributed by atoms with E-state index < -0.39 is 0 Å². The Balaban J connectivity index is 0.00000192. The average molecular weight is 459 g/mol. The predicted molar refractivity (Wildman–Crippen MR) is 102 cm³/mol.